The second-order valence-electron chi connectivity index (χ2n) is 8.70. The van der Waals surface area contributed by atoms with E-state index in [-0.39, 0.29) is 17.7 Å². The van der Waals surface area contributed by atoms with Gasteiger partial charge in [0.15, 0.2) is 0 Å². The van der Waals surface area contributed by atoms with Crippen LogP contribution in [-0.2, 0) is 10.2 Å². The largest absolute Gasteiger partial charge is 0.338 e. The summed E-state index contributed by atoms with van der Waals surface area (Å²) in [5, 5.41) is 4.96. The molecule has 176 valence electrons. The third kappa shape index (κ3) is 5.00. The number of rotatable bonds is 5. The third-order valence-corrected chi connectivity index (χ3v) is 7.29. The fourth-order valence-corrected chi connectivity index (χ4v) is 4.80. The van der Waals surface area contributed by atoms with E-state index >= 15 is 0 Å². The monoisotopic (exact) mass is 495 g/mol. The fourth-order valence-electron chi connectivity index (χ4n) is 4.01. The molecule has 6 nitrogen and oxygen atoms in total. The summed E-state index contributed by atoms with van der Waals surface area (Å²) in [6.07, 6.45) is 0. The van der Waals surface area contributed by atoms with Gasteiger partial charge in [0, 0.05) is 31.7 Å². The highest BCUT2D eigenvalue weighted by molar-refractivity contribution is 7.12. The number of carbonyl (C=O) groups excluding carboxylic acids is 3. The van der Waals surface area contributed by atoms with Crippen molar-refractivity contribution in [3.8, 4) is 0 Å². The Morgan fingerprint density at radius 2 is 1.59 bits per heavy atom. The van der Waals surface area contributed by atoms with Crippen molar-refractivity contribution in [3.63, 3.8) is 0 Å². The highest BCUT2D eigenvalue weighted by Gasteiger charge is 2.35. The zero-order chi connectivity index (χ0) is 24.3. The summed E-state index contributed by atoms with van der Waals surface area (Å²) in [6, 6.07) is 18.1. The van der Waals surface area contributed by atoms with Crippen LogP contribution in [0.5, 0.6) is 0 Å². The molecule has 2 heterocycles. The Morgan fingerprint density at radius 1 is 0.912 bits per heavy atom. The van der Waals surface area contributed by atoms with Gasteiger partial charge in [-0.15, -0.1) is 11.3 Å². The van der Waals surface area contributed by atoms with Crippen molar-refractivity contribution >= 4 is 46.3 Å². The van der Waals surface area contributed by atoms with Crippen LogP contribution in [0.15, 0.2) is 66.0 Å². The van der Waals surface area contributed by atoms with Crippen LogP contribution < -0.4 is 5.32 Å². The number of anilines is 1. The Balaban J connectivity index is 1.40. The third-order valence-electron chi connectivity index (χ3n) is 6.09. The minimum Gasteiger partial charge on any atom is -0.338 e. The molecule has 3 amide bonds. The number of nitrogens with zero attached hydrogens (tertiary/aromatic N) is 2. The van der Waals surface area contributed by atoms with Gasteiger partial charge in [-0.2, -0.15) is 0 Å². The van der Waals surface area contributed by atoms with E-state index in [0.29, 0.717) is 47.3 Å². The lowest BCUT2D eigenvalue weighted by Gasteiger charge is -2.38. The van der Waals surface area contributed by atoms with Crippen molar-refractivity contribution in [1.29, 1.82) is 0 Å². The van der Waals surface area contributed by atoms with Gasteiger partial charge in [-0.3, -0.25) is 14.4 Å². The highest BCUT2D eigenvalue weighted by atomic mass is 35.5. The number of benzene rings is 2. The van der Waals surface area contributed by atoms with Crippen LogP contribution in [0.3, 0.4) is 0 Å². The summed E-state index contributed by atoms with van der Waals surface area (Å²) in [6.45, 7) is 5.68. The van der Waals surface area contributed by atoms with E-state index in [0.717, 1.165) is 5.56 Å². The van der Waals surface area contributed by atoms with Crippen LogP contribution in [0, 0.1) is 0 Å². The average Bonchev–Trinajstić information content (AvgIpc) is 3.40. The van der Waals surface area contributed by atoms with Crippen molar-refractivity contribution in [2.24, 2.45) is 0 Å². The van der Waals surface area contributed by atoms with Crippen LogP contribution in [0.1, 0.15) is 39.4 Å². The lowest BCUT2D eigenvalue weighted by Crippen LogP contribution is -2.54. The fraction of sp³-hybridized carbons (Fsp3) is 0.269. The molecule has 1 fully saturated rings. The number of hydrogen-bond donors (Lipinski definition) is 1. The Morgan fingerprint density at radius 3 is 2.24 bits per heavy atom. The Hall–Kier alpha value is -3.16. The zero-order valence-electron chi connectivity index (χ0n) is 19.1. The molecule has 3 aromatic rings. The van der Waals surface area contributed by atoms with Crippen molar-refractivity contribution in [3.05, 3.63) is 87.1 Å². The van der Waals surface area contributed by atoms with Crippen molar-refractivity contribution in [2.75, 3.05) is 31.5 Å². The lowest BCUT2D eigenvalue weighted by molar-refractivity contribution is -0.137. The first-order valence-electron chi connectivity index (χ1n) is 11.1. The summed E-state index contributed by atoms with van der Waals surface area (Å²) in [5.41, 5.74) is 1.16. The van der Waals surface area contributed by atoms with Gasteiger partial charge in [-0.25, -0.2) is 0 Å². The van der Waals surface area contributed by atoms with Crippen LogP contribution in [0.25, 0.3) is 0 Å². The molecule has 1 aromatic heterocycles. The van der Waals surface area contributed by atoms with E-state index in [1.807, 2.05) is 54.5 Å². The van der Waals surface area contributed by atoms with Gasteiger partial charge in [-0.05, 0) is 49.1 Å². The summed E-state index contributed by atoms with van der Waals surface area (Å²) >= 11 is 7.59. The van der Waals surface area contributed by atoms with E-state index in [4.69, 9.17) is 11.6 Å². The number of carbonyl (C=O) groups is 3. The molecule has 34 heavy (non-hydrogen) atoms. The van der Waals surface area contributed by atoms with E-state index in [2.05, 4.69) is 5.32 Å². The molecule has 1 saturated heterocycles. The van der Waals surface area contributed by atoms with Crippen molar-refractivity contribution in [1.82, 2.24) is 9.80 Å². The number of halogens is 1. The van der Waals surface area contributed by atoms with E-state index in [1.54, 1.807) is 35.2 Å². The maximum atomic E-state index is 13.2. The molecule has 0 aliphatic carbocycles. The number of thiophene rings is 1. The molecule has 4 rings (SSSR count). The summed E-state index contributed by atoms with van der Waals surface area (Å²) in [4.78, 5) is 42.9. The molecular weight excluding hydrogens is 470 g/mol. The van der Waals surface area contributed by atoms with Gasteiger partial charge in [-0.1, -0.05) is 48.0 Å². The maximum Gasteiger partial charge on any atom is 0.265 e. The second-order valence-corrected chi connectivity index (χ2v) is 10.1. The summed E-state index contributed by atoms with van der Waals surface area (Å²) < 4.78 is 0. The smallest absolute Gasteiger partial charge is 0.265 e. The zero-order valence-corrected chi connectivity index (χ0v) is 20.7. The normalized spacial score (nSPS) is 14.1. The van der Waals surface area contributed by atoms with E-state index < -0.39 is 5.41 Å². The Labute approximate surface area is 208 Å². The average molecular weight is 496 g/mol. The molecule has 0 bridgehead atoms. The van der Waals surface area contributed by atoms with Gasteiger partial charge >= 0.3 is 0 Å². The van der Waals surface area contributed by atoms with Gasteiger partial charge < -0.3 is 15.1 Å². The summed E-state index contributed by atoms with van der Waals surface area (Å²) in [7, 11) is 0. The quantitative estimate of drug-likeness (QED) is 0.546. The van der Waals surface area contributed by atoms with Crippen LogP contribution in [-0.4, -0.2) is 53.7 Å². The molecule has 1 aliphatic heterocycles. The first-order valence-corrected chi connectivity index (χ1v) is 12.3. The first kappa shape index (κ1) is 24.0. The minimum atomic E-state index is -0.640. The number of piperazine rings is 1. The topological polar surface area (TPSA) is 69.7 Å². The standard InChI is InChI=1S/C26H26ClN3O3S/c1-26(2,19-7-4-3-5-8-19)25(33)30-14-12-29(13-15-30)24(32)18-10-11-20(27)21(17-18)28-23(31)22-9-6-16-34-22/h3-11,16-17H,12-15H2,1-2H3,(H,28,31). The molecule has 0 radical (unpaired) electrons. The molecule has 0 saturated carbocycles. The highest BCUT2D eigenvalue weighted by Crippen LogP contribution is 2.27. The number of amides is 3. The van der Waals surface area contributed by atoms with Gasteiger partial charge in [0.25, 0.3) is 11.8 Å². The van der Waals surface area contributed by atoms with Crippen molar-refractivity contribution in [2.45, 2.75) is 19.3 Å². The molecular formula is C26H26ClN3O3S. The van der Waals surface area contributed by atoms with E-state index in [9.17, 15) is 14.4 Å². The molecule has 8 heteroatoms. The Kier molecular flexibility index (Phi) is 7.05. The predicted molar refractivity (Wildman–Crippen MR) is 136 cm³/mol. The molecule has 2 aromatic carbocycles. The van der Waals surface area contributed by atoms with Crippen LogP contribution >= 0.6 is 22.9 Å². The van der Waals surface area contributed by atoms with Gasteiger partial charge in [0.1, 0.15) is 0 Å². The molecule has 0 spiro atoms. The molecule has 0 atom stereocenters. The predicted octanol–water partition coefficient (Wildman–Crippen LogP) is 4.92. The molecule has 1 aliphatic rings. The number of hydrogen-bond acceptors (Lipinski definition) is 4. The minimum absolute atomic E-state index is 0.0517. The second kappa shape index (κ2) is 9.99. The molecule has 0 unspecified atom stereocenters. The van der Waals surface area contributed by atoms with Crippen molar-refractivity contribution < 1.29 is 14.4 Å². The first-order chi connectivity index (χ1) is 16.3. The lowest BCUT2D eigenvalue weighted by atomic mass is 9.83. The van der Waals surface area contributed by atoms with Crippen LogP contribution in [0.2, 0.25) is 5.02 Å². The Bertz CT molecular complexity index is 1190. The van der Waals surface area contributed by atoms with Crippen LogP contribution in [0.4, 0.5) is 5.69 Å². The van der Waals surface area contributed by atoms with E-state index in [1.165, 1.54) is 11.3 Å². The SMILES string of the molecule is CC(C)(C(=O)N1CCN(C(=O)c2ccc(Cl)c(NC(=O)c3cccs3)c2)CC1)c1ccccc1. The van der Waals surface area contributed by atoms with Gasteiger partial charge in [0.05, 0.1) is 21.0 Å². The van der Waals surface area contributed by atoms with Gasteiger partial charge in [0.2, 0.25) is 5.91 Å². The number of nitrogens with one attached hydrogen (secondary N) is 1. The summed E-state index contributed by atoms with van der Waals surface area (Å²) in [5.74, 6) is -0.372. The molecule has 1 N–H and O–H groups in total. The maximum absolute atomic E-state index is 13.2.